The predicted octanol–water partition coefficient (Wildman–Crippen LogP) is 0.961. The molecule has 1 aliphatic heterocycles. The molecule has 0 unspecified atom stereocenters. The van der Waals surface area contributed by atoms with Crippen molar-refractivity contribution < 1.29 is 18.0 Å². The van der Waals surface area contributed by atoms with Gasteiger partial charge in [0.25, 0.3) is 15.9 Å². The number of carbonyl (C=O) groups is 1. The number of benzene rings is 1. The van der Waals surface area contributed by atoms with Crippen molar-refractivity contribution in [2.45, 2.75) is 36.6 Å². The van der Waals surface area contributed by atoms with Gasteiger partial charge in [0.2, 0.25) is 0 Å². The Kier molecular flexibility index (Phi) is 4.36. The van der Waals surface area contributed by atoms with E-state index < -0.39 is 16.1 Å². The summed E-state index contributed by atoms with van der Waals surface area (Å²) >= 11 is 0. The minimum atomic E-state index is -3.61. The Morgan fingerprint density at radius 2 is 2.04 bits per heavy atom. The number of amidine groups is 1. The number of carbonyl (C=O) groups excluding carboxylic acids is 1. The van der Waals surface area contributed by atoms with Gasteiger partial charge in [-0.15, -0.1) is 0 Å². The van der Waals surface area contributed by atoms with Crippen LogP contribution in [0.4, 0.5) is 0 Å². The normalized spacial score (nSPS) is 22.6. The van der Waals surface area contributed by atoms with Crippen LogP contribution in [0.3, 0.4) is 0 Å². The van der Waals surface area contributed by atoms with Crippen molar-refractivity contribution in [3.63, 3.8) is 0 Å². The first-order valence-corrected chi connectivity index (χ1v) is 9.04. The molecule has 1 heterocycles. The van der Waals surface area contributed by atoms with Crippen LogP contribution in [0.5, 0.6) is 0 Å². The molecule has 124 valence electrons. The van der Waals surface area contributed by atoms with Gasteiger partial charge in [0, 0.05) is 5.56 Å². The van der Waals surface area contributed by atoms with E-state index in [1.165, 1.54) is 13.2 Å². The van der Waals surface area contributed by atoms with E-state index in [4.69, 9.17) is 4.84 Å². The minimum absolute atomic E-state index is 0.0925. The lowest BCUT2D eigenvalue weighted by Gasteiger charge is -2.19. The van der Waals surface area contributed by atoms with Gasteiger partial charge in [0.05, 0.1) is 12.0 Å². The molecule has 0 saturated heterocycles. The van der Waals surface area contributed by atoms with Gasteiger partial charge in [-0.05, 0) is 30.9 Å². The largest absolute Gasteiger partial charge is 0.277 e. The Morgan fingerprint density at radius 1 is 1.35 bits per heavy atom. The highest BCUT2D eigenvalue weighted by Crippen LogP contribution is 2.31. The first kappa shape index (κ1) is 15.9. The Morgan fingerprint density at radius 3 is 2.74 bits per heavy atom. The molecule has 1 fully saturated rings. The second-order valence-corrected chi connectivity index (χ2v) is 7.39. The van der Waals surface area contributed by atoms with Gasteiger partial charge in [0.1, 0.15) is 11.9 Å². The second kappa shape index (κ2) is 6.29. The van der Waals surface area contributed by atoms with Gasteiger partial charge in [0.15, 0.2) is 0 Å². The van der Waals surface area contributed by atoms with Crippen LogP contribution >= 0.6 is 0 Å². The molecule has 0 bridgehead atoms. The molecule has 2 N–H and O–H groups in total. The Hall–Kier alpha value is -1.93. The van der Waals surface area contributed by atoms with Crippen LogP contribution in [-0.4, -0.2) is 33.3 Å². The van der Waals surface area contributed by atoms with Crippen LogP contribution in [0.25, 0.3) is 0 Å². The molecule has 8 heteroatoms. The summed E-state index contributed by atoms with van der Waals surface area (Å²) in [5.74, 6) is -0.0332. The molecule has 1 aromatic rings. The molecule has 2 aliphatic rings. The van der Waals surface area contributed by atoms with E-state index in [1.807, 2.05) is 0 Å². The maximum absolute atomic E-state index is 12.3. The maximum Gasteiger partial charge on any atom is 0.268 e. The number of sulfonamides is 1. The fourth-order valence-electron chi connectivity index (χ4n) is 3.18. The summed E-state index contributed by atoms with van der Waals surface area (Å²) in [5.41, 5.74) is 2.82. The molecule has 0 spiro atoms. The van der Waals surface area contributed by atoms with Crippen molar-refractivity contribution in [1.29, 1.82) is 0 Å². The smallest absolute Gasteiger partial charge is 0.268 e. The van der Waals surface area contributed by atoms with E-state index in [2.05, 4.69) is 15.2 Å². The fourth-order valence-corrected chi connectivity index (χ4v) is 4.42. The molecule has 23 heavy (non-hydrogen) atoms. The molecular weight excluding hydrogens is 318 g/mol. The number of fused-ring (bicyclic) bond motifs is 1. The maximum atomic E-state index is 12.3. The third-order valence-corrected chi connectivity index (χ3v) is 5.65. The van der Waals surface area contributed by atoms with Crippen LogP contribution in [0.15, 0.2) is 34.2 Å². The van der Waals surface area contributed by atoms with Crippen LogP contribution in [0.2, 0.25) is 0 Å². The van der Waals surface area contributed by atoms with E-state index in [0.717, 1.165) is 25.7 Å². The van der Waals surface area contributed by atoms with Crippen molar-refractivity contribution >= 4 is 21.8 Å². The highest BCUT2D eigenvalue weighted by molar-refractivity contribution is 7.90. The van der Waals surface area contributed by atoms with Crippen LogP contribution in [0.1, 0.15) is 31.2 Å². The minimum Gasteiger partial charge on any atom is -0.277 e. The monoisotopic (exact) mass is 337 g/mol. The highest BCUT2D eigenvalue weighted by atomic mass is 32.2. The Labute approximate surface area is 135 Å². The number of hydroxylamine groups is 1. The molecular formula is C15H19N3O4S. The lowest BCUT2D eigenvalue weighted by Crippen LogP contribution is -2.38. The molecule has 1 atom stereocenters. The van der Waals surface area contributed by atoms with E-state index in [0.29, 0.717) is 5.56 Å². The molecule has 1 amide bonds. The van der Waals surface area contributed by atoms with Crippen LogP contribution in [0, 0.1) is 5.92 Å². The van der Waals surface area contributed by atoms with Gasteiger partial charge in [-0.3, -0.25) is 19.3 Å². The number of nitrogens with one attached hydrogen (secondary N) is 2. The van der Waals surface area contributed by atoms with Crippen LogP contribution < -0.4 is 10.2 Å². The number of hydrogen-bond donors (Lipinski definition) is 2. The average molecular weight is 337 g/mol. The van der Waals surface area contributed by atoms with E-state index in [-0.39, 0.29) is 22.6 Å². The number of hydrogen-bond acceptors (Lipinski definition) is 5. The predicted molar refractivity (Wildman–Crippen MR) is 84.2 cm³/mol. The third-order valence-electron chi connectivity index (χ3n) is 4.25. The lowest BCUT2D eigenvalue weighted by molar-refractivity contribution is -0.133. The molecule has 0 radical (unpaired) electrons. The zero-order chi connectivity index (χ0) is 16.4. The summed E-state index contributed by atoms with van der Waals surface area (Å²) in [6, 6.07) is 5.95. The summed E-state index contributed by atoms with van der Waals surface area (Å²) in [5, 5.41) is 0. The van der Waals surface area contributed by atoms with Crippen molar-refractivity contribution in [1.82, 2.24) is 10.2 Å². The second-order valence-electron chi connectivity index (χ2n) is 5.74. The van der Waals surface area contributed by atoms with E-state index in [1.54, 1.807) is 18.2 Å². The lowest BCUT2D eigenvalue weighted by atomic mass is 9.98. The summed E-state index contributed by atoms with van der Waals surface area (Å²) < 4.78 is 26.7. The molecule has 7 nitrogen and oxygen atoms in total. The summed E-state index contributed by atoms with van der Waals surface area (Å²) in [6.45, 7) is 0. The van der Waals surface area contributed by atoms with Crippen molar-refractivity contribution in [3.05, 3.63) is 29.8 Å². The van der Waals surface area contributed by atoms with Gasteiger partial charge < -0.3 is 0 Å². The fraction of sp³-hybridized carbons (Fsp3) is 0.467. The quantitative estimate of drug-likeness (QED) is 0.800. The first-order chi connectivity index (χ1) is 11.0. The molecule has 1 aromatic carbocycles. The zero-order valence-corrected chi connectivity index (χ0v) is 13.6. The van der Waals surface area contributed by atoms with Gasteiger partial charge >= 0.3 is 0 Å². The molecule has 1 aliphatic carbocycles. The van der Waals surface area contributed by atoms with E-state index in [9.17, 15) is 13.2 Å². The van der Waals surface area contributed by atoms with Gasteiger partial charge in [-0.1, -0.05) is 25.0 Å². The first-order valence-electron chi connectivity index (χ1n) is 7.56. The highest BCUT2D eigenvalue weighted by Gasteiger charge is 2.35. The number of aliphatic imine (C=N–C) groups is 1. The Balaban J connectivity index is 1.98. The van der Waals surface area contributed by atoms with Gasteiger partial charge in [-0.2, -0.15) is 0 Å². The molecule has 3 rings (SSSR count). The standard InChI is InChI=1S/C15H19N3O4S/c1-22-17-15(19)13(10-6-2-3-7-10)16-14-11-8-4-5-9-12(11)23(20,21)18-14/h4-5,8-10,13H,2-3,6-7H2,1H3,(H,16,18)(H,17,19)/t13-/m1/s1. The Bertz CT molecular complexity index is 739. The van der Waals surface area contributed by atoms with Crippen LogP contribution in [-0.2, 0) is 19.7 Å². The molecule has 0 aromatic heterocycles. The number of amides is 1. The van der Waals surface area contributed by atoms with Crippen molar-refractivity contribution in [2.75, 3.05) is 7.11 Å². The number of nitrogens with zero attached hydrogens (tertiary/aromatic N) is 1. The van der Waals surface area contributed by atoms with Crippen molar-refractivity contribution in [3.8, 4) is 0 Å². The zero-order valence-electron chi connectivity index (χ0n) is 12.8. The summed E-state index contributed by atoms with van der Waals surface area (Å²) in [6.07, 6.45) is 3.89. The SMILES string of the molecule is CONC(=O)[C@H](N=C1NS(=O)(=O)c2ccccc21)C1CCCC1. The van der Waals surface area contributed by atoms with Crippen molar-refractivity contribution in [2.24, 2.45) is 10.9 Å². The molecule has 1 saturated carbocycles. The number of rotatable bonds is 4. The van der Waals surface area contributed by atoms with E-state index >= 15 is 0 Å². The summed E-state index contributed by atoms with van der Waals surface area (Å²) in [4.78, 5) is 21.6. The third kappa shape index (κ3) is 3.09. The summed E-state index contributed by atoms with van der Waals surface area (Å²) in [7, 11) is -2.24. The average Bonchev–Trinajstić information content (AvgIpc) is 3.13. The topological polar surface area (TPSA) is 96.9 Å². The van der Waals surface area contributed by atoms with Gasteiger partial charge in [-0.25, -0.2) is 13.9 Å².